The van der Waals surface area contributed by atoms with Crippen LogP contribution in [0.15, 0.2) is 42.5 Å². The maximum Gasteiger partial charge on any atom is 0.0843 e. The summed E-state index contributed by atoms with van der Waals surface area (Å²) in [7, 11) is 24.9. The Labute approximate surface area is 239 Å². The fourth-order valence-electron chi connectivity index (χ4n) is 5.33. The van der Waals surface area contributed by atoms with E-state index in [2.05, 4.69) is 170 Å². The molecule has 0 aliphatic heterocycles. The van der Waals surface area contributed by atoms with Gasteiger partial charge in [0.2, 0.25) is 0 Å². The standard InChI is InChI=1S/C32H49N6P/c1-22-16-15-17-26(23(22)2)39(27-20-18-24(33(3)4)29(35(7)8)31(27)37(11)12)28-21-19-25(34(5)6)30(36(9)10)32(28)38(13)14/h15-21H,1-14H3. The van der Waals surface area contributed by atoms with Crippen molar-refractivity contribution in [3.63, 3.8) is 0 Å². The predicted octanol–water partition coefficient (Wildman–Crippen LogP) is 4.46. The molecule has 0 amide bonds. The number of hydrogen-bond acceptors (Lipinski definition) is 6. The summed E-state index contributed by atoms with van der Waals surface area (Å²) >= 11 is 0. The van der Waals surface area contributed by atoms with Crippen molar-refractivity contribution < 1.29 is 0 Å². The Morgan fingerprint density at radius 3 is 1.13 bits per heavy atom. The molecule has 0 spiro atoms. The SMILES string of the molecule is Cc1cccc(P(c2ccc(N(C)C)c(N(C)C)c2N(C)C)c2ccc(N(C)C)c(N(C)C)c2N(C)C)c1C. The van der Waals surface area contributed by atoms with E-state index in [4.69, 9.17) is 0 Å². The molecule has 0 atom stereocenters. The maximum absolute atomic E-state index is 2.37. The Hall–Kier alpha value is -3.11. The van der Waals surface area contributed by atoms with Crippen LogP contribution in [0.3, 0.4) is 0 Å². The van der Waals surface area contributed by atoms with Crippen molar-refractivity contribution >= 4 is 58.0 Å². The zero-order valence-corrected chi connectivity index (χ0v) is 27.6. The Morgan fingerprint density at radius 2 is 0.795 bits per heavy atom. The highest BCUT2D eigenvalue weighted by Crippen LogP contribution is 2.48. The minimum atomic E-state index is -0.908. The first-order chi connectivity index (χ1) is 18.2. The van der Waals surface area contributed by atoms with Gasteiger partial charge in [-0.1, -0.05) is 18.2 Å². The van der Waals surface area contributed by atoms with Crippen LogP contribution in [-0.2, 0) is 0 Å². The van der Waals surface area contributed by atoms with E-state index in [1.807, 2.05) is 0 Å². The van der Waals surface area contributed by atoms with E-state index in [1.165, 1.54) is 61.2 Å². The van der Waals surface area contributed by atoms with E-state index in [9.17, 15) is 0 Å². The van der Waals surface area contributed by atoms with Crippen LogP contribution in [0.5, 0.6) is 0 Å². The summed E-state index contributed by atoms with van der Waals surface area (Å²) in [6.45, 7) is 4.51. The van der Waals surface area contributed by atoms with Gasteiger partial charge in [-0.3, -0.25) is 0 Å². The van der Waals surface area contributed by atoms with E-state index >= 15 is 0 Å². The Morgan fingerprint density at radius 1 is 0.410 bits per heavy atom. The third-order valence-corrected chi connectivity index (χ3v) is 9.92. The molecule has 0 unspecified atom stereocenters. The molecule has 7 heteroatoms. The predicted molar refractivity (Wildman–Crippen MR) is 181 cm³/mol. The Bertz CT molecular complexity index is 1230. The fourth-order valence-corrected chi connectivity index (χ4v) is 8.34. The van der Waals surface area contributed by atoms with Crippen molar-refractivity contribution in [2.24, 2.45) is 0 Å². The van der Waals surface area contributed by atoms with Crippen LogP contribution in [0.2, 0.25) is 0 Å². The summed E-state index contributed by atoms with van der Waals surface area (Å²) in [5.41, 5.74) is 10.1. The highest BCUT2D eigenvalue weighted by Gasteiger charge is 2.31. The average Bonchev–Trinajstić information content (AvgIpc) is 2.85. The van der Waals surface area contributed by atoms with E-state index in [1.54, 1.807) is 0 Å². The van der Waals surface area contributed by atoms with Gasteiger partial charge < -0.3 is 29.4 Å². The molecule has 0 aliphatic carbocycles. The normalized spacial score (nSPS) is 11.1. The van der Waals surface area contributed by atoms with Gasteiger partial charge in [-0.25, -0.2) is 0 Å². The lowest BCUT2D eigenvalue weighted by atomic mass is 10.1. The molecule has 3 aromatic rings. The molecule has 0 heterocycles. The number of benzene rings is 3. The second-order valence-corrected chi connectivity index (χ2v) is 13.6. The highest BCUT2D eigenvalue weighted by atomic mass is 31.1. The molecule has 0 aromatic heterocycles. The first-order valence-electron chi connectivity index (χ1n) is 13.4. The third kappa shape index (κ3) is 5.77. The molecule has 6 nitrogen and oxygen atoms in total. The molecule has 0 N–H and O–H groups in total. The second-order valence-electron chi connectivity index (χ2n) is 11.5. The van der Waals surface area contributed by atoms with Gasteiger partial charge in [0, 0.05) is 95.2 Å². The van der Waals surface area contributed by atoms with Crippen LogP contribution in [0.4, 0.5) is 34.1 Å². The molecule has 0 fully saturated rings. The molecular formula is C32H49N6P. The van der Waals surface area contributed by atoms with E-state index in [0.717, 1.165) is 0 Å². The fraction of sp³-hybridized carbons (Fsp3) is 0.438. The van der Waals surface area contributed by atoms with Crippen LogP contribution in [0.1, 0.15) is 11.1 Å². The first-order valence-corrected chi connectivity index (χ1v) is 14.8. The van der Waals surface area contributed by atoms with Crippen molar-refractivity contribution in [1.82, 2.24) is 0 Å². The molecular weight excluding hydrogens is 499 g/mol. The minimum absolute atomic E-state index is 0.908. The lowest BCUT2D eigenvalue weighted by Gasteiger charge is -2.36. The van der Waals surface area contributed by atoms with Gasteiger partial charge in [-0.05, 0) is 62.5 Å². The number of aryl methyl sites for hydroxylation is 1. The van der Waals surface area contributed by atoms with Crippen LogP contribution < -0.4 is 45.3 Å². The summed E-state index contributed by atoms with van der Waals surface area (Å²) in [5, 5.41) is 4.13. The molecule has 3 rings (SSSR count). The van der Waals surface area contributed by atoms with Gasteiger partial charge in [0.1, 0.15) is 0 Å². The Balaban J connectivity index is 2.60. The number of nitrogens with zero attached hydrogens (tertiary/aromatic N) is 6. The van der Waals surface area contributed by atoms with E-state index in [0.29, 0.717) is 0 Å². The molecule has 0 radical (unpaired) electrons. The summed E-state index contributed by atoms with van der Waals surface area (Å²) in [4.78, 5) is 13.6. The zero-order chi connectivity index (χ0) is 29.3. The van der Waals surface area contributed by atoms with Gasteiger partial charge in [0.05, 0.1) is 34.1 Å². The largest absolute Gasteiger partial charge is 0.376 e. The van der Waals surface area contributed by atoms with Crippen LogP contribution in [0, 0.1) is 13.8 Å². The van der Waals surface area contributed by atoms with Gasteiger partial charge in [-0.2, -0.15) is 0 Å². The number of anilines is 6. The molecule has 3 aromatic carbocycles. The van der Waals surface area contributed by atoms with Crippen molar-refractivity contribution in [2.75, 3.05) is 114 Å². The van der Waals surface area contributed by atoms with Crippen molar-refractivity contribution in [3.8, 4) is 0 Å². The lowest BCUT2D eigenvalue weighted by Crippen LogP contribution is -2.33. The minimum Gasteiger partial charge on any atom is -0.376 e. The number of rotatable bonds is 9. The summed E-state index contributed by atoms with van der Waals surface area (Å²) in [6.07, 6.45) is 0. The topological polar surface area (TPSA) is 19.4 Å². The molecule has 0 saturated heterocycles. The van der Waals surface area contributed by atoms with E-state index < -0.39 is 7.92 Å². The maximum atomic E-state index is 2.37. The third-order valence-electron chi connectivity index (χ3n) is 7.27. The lowest BCUT2D eigenvalue weighted by molar-refractivity contribution is 1.05. The van der Waals surface area contributed by atoms with Gasteiger partial charge in [0.25, 0.3) is 0 Å². The van der Waals surface area contributed by atoms with Crippen molar-refractivity contribution in [1.29, 1.82) is 0 Å². The van der Waals surface area contributed by atoms with Gasteiger partial charge in [-0.15, -0.1) is 0 Å². The molecule has 0 saturated carbocycles. The average molecular weight is 549 g/mol. The van der Waals surface area contributed by atoms with E-state index in [-0.39, 0.29) is 0 Å². The molecule has 0 aliphatic rings. The smallest absolute Gasteiger partial charge is 0.0843 e. The quantitative estimate of drug-likeness (QED) is 0.365. The zero-order valence-electron chi connectivity index (χ0n) is 26.7. The van der Waals surface area contributed by atoms with Gasteiger partial charge >= 0.3 is 0 Å². The van der Waals surface area contributed by atoms with Gasteiger partial charge in [0.15, 0.2) is 0 Å². The van der Waals surface area contributed by atoms with Crippen LogP contribution in [-0.4, -0.2) is 84.6 Å². The molecule has 0 bridgehead atoms. The van der Waals surface area contributed by atoms with Crippen molar-refractivity contribution in [2.45, 2.75) is 13.8 Å². The van der Waals surface area contributed by atoms with Crippen LogP contribution >= 0.6 is 7.92 Å². The highest BCUT2D eigenvalue weighted by molar-refractivity contribution is 7.80. The monoisotopic (exact) mass is 548 g/mol. The molecule has 39 heavy (non-hydrogen) atoms. The summed E-state index contributed by atoms with van der Waals surface area (Å²) in [6, 6.07) is 16.1. The number of hydrogen-bond donors (Lipinski definition) is 0. The van der Waals surface area contributed by atoms with Crippen molar-refractivity contribution in [3.05, 3.63) is 53.6 Å². The molecule has 212 valence electrons. The second kappa shape index (κ2) is 12.0. The van der Waals surface area contributed by atoms with Crippen LogP contribution in [0.25, 0.3) is 0 Å². The summed E-state index contributed by atoms with van der Waals surface area (Å²) in [5.74, 6) is 0. The summed E-state index contributed by atoms with van der Waals surface area (Å²) < 4.78 is 0. The first kappa shape index (κ1) is 30.4. The Kier molecular flexibility index (Phi) is 9.33.